The van der Waals surface area contributed by atoms with Crippen molar-refractivity contribution in [3.8, 4) is 0 Å². The van der Waals surface area contributed by atoms with Gasteiger partial charge in [0.05, 0.1) is 6.10 Å². The highest BCUT2D eigenvalue weighted by Gasteiger charge is 2.22. The lowest BCUT2D eigenvalue weighted by molar-refractivity contribution is 0.0304. The molecule has 0 aromatic heterocycles. The van der Waals surface area contributed by atoms with Crippen molar-refractivity contribution in [1.29, 1.82) is 0 Å². The van der Waals surface area contributed by atoms with Crippen LogP contribution in [0.2, 0.25) is 0 Å². The molecule has 0 aliphatic heterocycles. The molecule has 0 saturated carbocycles. The third-order valence-corrected chi connectivity index (χ3v) is 2.91. The van der Waals surface area contributed by atoms with E-state index in [-0.39, 0.29) is 0 Å². The van der Waals surface area contributed by atoms with Gasteiger partial charge in [-0.2, -0.15) is 0 Å². The SMILES string of the molecule is CCCCCC(NCC)C(OC)C(C)C. The molecule has 1 N–H and O–H groups in total. The Balaban J connectivity index is 4.08. The minimum atomic E-state index is 0.349. The molecule has 0 aliphatic rings. The third kappa shape index (κ3) is 6.16. The topological polar surface area (TPSA) is 21.3 Å². The van der Waals surface area contributed by atoms with Gasteiger partial charge < -0.3 is 10.1 Å². The van der Waals surface area contributed by atoms with Crippen molar-refractivity contribution in [3.63, 3.8) is 0 Å². The Bertz CT molecular complexity index is 136. The van der Waals surface area contributed by atoms with Crippen LogP contribution in [-0.2, 0) is 4.74 Å². The summed E-state index contributed by atoms with van der Waals surface area (Å²) < 4.78 is 5.59. The summed E-state index contributed by atoms with van der Waals surface area (Å²) in [5, 5.41) is 3.55. The van der Waals surface area contributed by atoms with E-state index in [1.165, 1.54) is 25.7 Å². The van der Waals surface area contributed by atoms with Crippen LogP contribution in [0.25, 0.3) is 0 Å². The zero-order chi connectivity index (χ0) is 11.7. The normalized spacial score (nSPS) is 15.6. The van der Waals surface area contributed by atoms with Crippen LogP contribution in [-0.4, -0.2) is 25.8 Å². The second-order valence-corrected chi connectivity index (χ2v) is 4.60. The van der Waals surface area contributed by atoms with E-state index in [1.54, 1.807) is 0 Å². The number of methoxy groups -OCH3 is 1. The summed E-state index contributed by atoms with van der Waals surface area (Å²) in [6.07, 6.45) is 5.51. The predicted molar refractivity (Wildman–Crippen MR) is 67.2 cm³/mol. The molecule has 0 fully saturated rings. The van der Waals surface area contributed by atoms with E-state index in [0.29, 0.717) is 18.1 Å². The summed E-state index contributed by atoms with van der Waals surface area (Å²) in [5.41, 5.74) is 0. The van der Waals surface area contributed by atoms with E-state index in [0.717, 1.165) is 6.54 Å². The van der Waals surface area contributed by atoms with Crippen molar-refractivity contribution >= 4 is 0 Å². The molecule has 0 aromatic rings. The largest absolute Gasteiger partial charge is 0.380 e. The lowest BCUT2D eigenvalue weighted by Gasteiger charge is -2.29. The first-order valence-electron chi connectivity index (χ1n) is 6.43. The Morgan fingerprint density at radius 2 is 1.80 bits per heavy atom. The van der Waals surface area contributed by atoms with Crippen LogP contribution in [0, 0.1) is 5.92 Å². The summed E-state index contributed by atoms with van der Waals surface area (Å²) in [6.45, 7) is 9.92. The fourth-order valence-corrected chi connectivity index (χ4v) is 2.16. The number of hydrogen-bond acceptors (Lipinski definition) is 2. The van der Waals surface area contributed by atoms with E-state index in [1.807, 2.05) is 7.11 Å². The summed E-state index contributed by atoms with van der Waals surface area (Å²) >= 11 is 0. The fourth-order valence-electron chi connectivity index (χ4n) is 2.16. The second kappa shape index (κ2) is 9.17. The van der Waals surface area contributed by atoms with Gasteiger partial charge in [0, 0.05) is 13.2 Å². The molecule has 2 nitrogen and oxygen atoms in total. The first-order chi connectivity index (χ1) is 7.17. The van der Waals surface area contributed by atoms with Gasteiger partial charge in [-0.05, 0) is 18.9 Å². The second-order valence-electron chi connectivity index (χ2n) is 4.60. The highest BCUT2D eigenvalue weighted by atomic mass is 16.5. The molecule has 2 atom stereocenters. The molecule has 0 heterocycles. The summed E-state index contributed by atoms with van der Waals surface area (Å²) in [5.74, 6) is 0.584. The van der Waals surface area contributed by atoms with E-state index >= 15 is 0 Å². The van der Waals surface area contributed by atoms with Gasteiger partial charge in [-0.25, -0.2) is 0 Å². The van der Waals surface area contributed by atoms with Gasteiger partial charge in [-0.3, -0.25) is 0 Å². The van der Waals surface area contributed by atoms with Crippen molar-refractivity contribution in [3.05, 3.63) is 0 Å². The van der Waals surface area contributed by atoms with E-state index in [4.69, 9.17) is 4.74 Å². The zero-order valence-electron chi connectivity index (χ0n) is 11.2. The van der Waals surface area contributed by atoms with E-state index in [2.05, 4.69) is 33.0 Å². The highest BCUT2D eigenvalue weighted by Crippen LogP contribution is 2.15. The minimum Gasteiger partial charge on any atom is -0.380 e. The number of ether oxygens (including phenoxy) is 1. The molecule has 2 heteroatoms. The molecule has 0 amide bonds. The molecule has 0 radical (unpaired) electrons. The number of rotatable bonds is 9. The van der Waals surface area contributed by atoms with Crippen LogP contribution in [0.1, 0.15) is 53.4 Å². The maximum atomic E-state index is 5.59. The smallest absolute Gasteiger partial charge is 0.0747 e. The standard InChI is InChI=1S/C13H29NO/c1-6-8-9-10-12(14-7-2)13(15-5)11(3)4/h11-14H,6-10H2,1-5H3. The van der Waals surface area contributed by atoms with Gasteiger partial charge in [0.1, 0.15) is 0 Å². The molecular formula is C13H29NO. The van der Waals surface area contributed by atoms with Gasteiger partial charge in [-0.1, -0.05) is 47.0 Å². The van der Waals surface area contributed by atoms with Crippen molar-refractivity contribution in [2.24, 2.45) is 5.92 Å². The Labute approximate surface area is 95.8 Å². The number of hydrogen-bond donors (Lipinski definition) is 1. The molecule has 2 unspecified atom stereocenters. The van der Waals surface area contributed by atoms with Gasteiger partial charge in [0.15, 0.2) is 0 Å². The lowest BCUT2D eigenvalue weighted by Crippen LogP contribution is -2.43. The average molecular weight is 215 g/mol. The van der Waals surface area contributed by atoms with Crippen LogP contribution < -0.4 is 5.32 Å². The van der Waals surface area contributed by atoms with E-state index < -0.39 is 0 Å². The molecule has 92 valence electrons. The Hall–Kier alpha value is -0.0800. The molecule has 0 bridgehead atoms. The minimum absolute atomic E-state index is 0.349. The van der Waals surface area contributed by atoms with Gasteiger partial charge in [-0.15, -0.1) is 0 Å². The number of nitrogens with one attached hydrogen (secondary N) is 1. The first-order valence-corrected chi connectivity index (χ1v) is 6.43. The Morgan fingerprint density at radius 1 is 1.13 bits per heavy atom. The highest BCUT2D eigenvalue weighted by molar-refractivity contribution is 4.79. The van der Waals surface area contributed by atoms with Gasteiger partial charge in [0.2, 0.25) is 0 Å². The maximum Gasteiger partial charge on any atom is 0.0747 e. The van der Waals surface area contributed by atoms with Crippen molar-refractivity contribution in [2.45, 2.75) is 65.5 Å². The van der Waals surface area contributed by atoms with Crippen LogP contribution in [0.15, 0.2) is 0 Å². The predicted octanol–water partition coefficient (Wildman–Crippen LogP) is 3.22. The third-order valence-electron chi connectivity index (χ3n) is 2.91. The lowest BCUT2D eigenvalue weighted by atomic mass is 9.95. The molecule has 0 saturated heterocycles. The van der Waals surface area contributed by atoms with Crippen LogP contribution in [0.3, 0.4) is 0 Å². The quantitative estimate of drug-likeness (QED) is 0.596. The number of likely N-dealkylation sites (N-methyl/N-ethyl adjacent to an activating group) is 1. The fraction of sp³-hybridized carbons (Fsp3) is 1.00. The van der Waals surface area contributed by atoms with E-state index in [9.17, 15) is 0 Å². The van der Waals surface area contributed by atoms with Crippen molar-refractivity contribution < 1.29 is 4.74 Å². The van der Waals surface area contributed by atoms with Crippen molar-refractivity contribution in [2.75, 3.05) is 13.7 Å². The molecule has 0 aromatic carbocycles. The van der Waals surface area contributed by atoms with Crippen LogP contribution in [0.4, 0.5) is 0 Å². The van der Waals surface area contributed by atoms with Crippen LogP contribution in [0.5, 0.6) is 0 Å². The summed E-state index contributed by atoms with van der Waals surface area (Å²) in [6, 6.07) is 0.520. The maximum absolute atomic E-state index is 5.59. The molecule has 0 rings (SSSR count). The first kappa shape index (κ1) is 14.9. The van der Waals surface area contributed by atoms with Gasteiger partial charge in [0.25, 0.3) is 0 Å². The summed E-state index contributed by atoms with van der Waals surface area (Å²) in [7, 11) is 1.83. The monoisotopic (exact) mass is 215 g/mol. The van der Waals surface area contributed by atoms with Crippen molar-refractivity contribution in [1.82, 2.24) is 5.32 Å². The number of unbranched alkanes of at least 4 members (excludes halogenated alkanes) is 2. The summed E-state index contributed by atoms with van der Waals surface area (Å²) in [4.78, 5) is 0. The zero-order valence-corrected chi connectivity index (χ0v) is 11.2. The van der Waals surface area contributed by atoms with Gasteiger partial charge >= 0.3 is 0 Å². The molecule has 0 spiro atoms. The average Bonchev–Trinajstić information content (AvgIpc) is 2.18. The Morgan fingerprint density at radius 3 is 2.20 bits per heavy atom. The molecule has 15 heavy (non-hydrogen) atoms. The molecule has 0 aliphatic carbocycles. The molecular weight excluding hydrogens is 186 g/mol. The Kier molecular flexibility index (Phi) is 9.12. The van der Waals surface area contributed by atoms with Crippen LogP contribution >= 0.6 is 0 Å².